The summed E-state index contributed by atoms with van der Waals surface area (Å²) >= 11 is 6.87. The van der Waals surface area contributed by atoms with Crippen LogP contribution in [0.25, 0.3) is 5.65 Å². The lowest BCUT2D eigenvalue weighted by Crippen LogP contribution is -2.11. The fraction of sp³-hybridized carbons (Fsp3) is 0.0455. The van der Waals surface area contributed by atoms with E-state index in [1.54, 1.807) is 6.20 Å². The monoisotopic (exact) mass is 510 g/mol. The first-order valence-electron chi connectivity index (χ1n) is 8.86. The van der Waals surface area contributed by atoms with E-state index in [1.807, 2.05) is 67.6 Å². The zero-order valence-corrected chi connectivity index (χ0v) is 18.6. The lowest BCUT2D eigenvalue weighted by Gasteiger charge is -2.04. The molecule has 0 amide bonds. The summed E-state index contributed by atoms with van der Waals surface area (Å²) in [6.45, 7) is 1.92. The van der Waals surface area contributed by atoms with Crippen LogP contribution < -0.4 is 16.4 Å². The summed E-state index contributed by atoms with van der Waals surface area (Å²) in [5.41, 5.74) is 3.81. The number of hydrogen-bond donors (Lipinski definition) is 1. The zero-order chi connectivity index (χ0) is 20.4. The van der Waals surface area contributed by atoms with Gasteiger partial charge in [-0.05, 0) is 67.1 Å². The minimum Gasteiger partial charge on any atom is -0.352 e. The number of benzene rings is 2. The fourth-order valence-electron chi connectivity index (χ4n) is 2.85. The number of rotatable bonds is 3. The molecule has 0 fully saturated rings. The van der Waals surface area contributed by atoms with Gasteiger partial charge in [-0.25, -0.2) is 9.98 Å². The molecular weight excluding hydrogens is 496 g/mol. The highest BCUT2D eigenvalue weighted by molar-refractivity contribution is 9.10. The van der Waals surface area contributed by atoms with Crippen LogP contribution in [0.1, 0.15) is 5.56 Å². The van der Waals surface area contributed by atoms with Crippen LogP contribution in [0.5, 0.6) is 0 Å². The molecular formula is C22H16Br2N4O. The molecule has 4 rings (SSSR count). The molecule has 0 saturated carbocycles. The summed E-state index contributed by atoms with van der Waals surface area (Å²) in [4.78, 5) is 22.3. The van der Waals surface area contributed by atoms with Gasteiger partial charge in [0.05, 0.1) is 11.4 Å². The second kappa shape index (κ2) is 8.31. The average Bonchev–Trinajstić information content (AvgIpc) is 2.83. The molecule has 0 atom stereocenters. The van der Waals surface area contributed by atoms with Crippen LogP contribution >= 0.6 is 31.9 Å². The number of aryl methyl sites for hydroxylation is 1. The fourth-order valence-corrected chi connectivity index (χ4v) is 3.38. The van der Waals surface area contributed by atoms with Gasteiger partial charge >= 0.3 is 0 Å². The van der Waals surface area contributed by atoms with E-state index in [-0.39, 0.29) is 5.56 Å². The van der Waals surface area contributed by atoms with Crippen molar-refractivity contribution < 1.29 is 0 Å². The number of nitrogens with one attached hydrogen (secondary N) is 1. The quantitative estimate of drug-likeness (QED) is 0.395. The van der Waals surface area contributed by atoms with Gasteiger partial charge in [0.25, 0.3) is 5.56 Å². The molecule has 29 heavy (non-hydrogen) atoms. The molecule has 0 bridgehead atoms. The first-order chi connectivity index (χ1) is 14.0. The van der Waals surface area contributed by atoms with E-state index < -0.39 is 0 Å². The summed E-state index contributed by atoms with van der Waals surface area (Å²) in [6.07, 6.45) is 1.71. The predicted octanol–water partition coefficient (Wildman–Crippen LogP) is 5.50. The van der Waals surface area contributed by atoms with Crippen molar-refractivity contribution in [3.05, 3.63) is 103 Å². The first kappa shape index (κ1) is 19.5. The molecule has 0 spiro atoms. The van der Waals surface area contributed by atoms with Gasteiger partial charge in [-0.2, -0.15) is 0 Å². The van der Waals surface area contributed by atoms with E-state index in [4.69, 9.17) is 9.98 Å². The summed E-state index contributed by atoms with van der Waals surface area (Å²) < 4.78 is 3.47. The molecule has 0 radical (unpaired) electrons. The molecule has 144 valence electrons. The Labute approximate surface area is 184 Å². The summed E-state index contributed by atoms with van der Waals surface area (Å²) in [5, 5.41) is 3.29. The van der Waals surface area contributed by atoms with E-state index in [0.717, 1.165) is 25.9 Å². The number of pyridine rings is 1. The van der Waals surface area contributed by atoms with Crippen molar-refractivity contribution in [1.82, 2.24) is 9.38 Å². The number of anilines is 2. The smallest absolute Gasteiger partial charge is 0.258 e. The number of aromatic nitrogens is 2. The summed E-state index contributed by atoms with van der Waals surface area (Å²) in [5.74, 6) is 0. The summed E-state index contributed by atoms with van der Waals surface area (Å²) in [6, 6.07) is 20.6. The number of fused-ring (bicyclic) bond motifs is 1. The third-order valence-corrected chi connectivity index (χ3v) is 5.36. The largest absolute Gasteiger partial charge is 0.352 e. The SMILES string of the molecule is Cc1cccn2c(=O)cc(Nc3ccc(Br)cc3)c(=Nc3ccc(Br)cc3)nc12. The van der Waals surface area contributed by atoms with Crippen molar-refractivity contribution in [2.45, 2.75) is 6.92 Å². The maximum Gasteiger partial charge on any atom is 0.258 e. The lowest BCUT2D eigenvalue weighted by atomic mass is 10.3. The Balaban J connectivity index is 2.00. The molecule has 2 heterocycles. The molecule has 0 saturated heterocycles. The van der Waals surface area contributed by atoms with Crippen molar-refractivity contribution in [3.8, 4) is 0 Å². The topological polar surface area (TPSA) is 58.8 Å². The zero-order valence-electron chi connectivity index (χ0n) is 15.4. The molecule has 5 nitrogen and oxygen atoms in total. The first-order valence-corrected chi connectivity index (χ1v) is 10.4. The van der Waals surface area contributed by atoms with Gasteiger partial charge in [0.2, 0.25) is 0 Å². The standard InChI is InChI=1S/C22H16Br2N4O/c1-14-3-2-12-28-20(29)13-19(25-17-8-4-15(23)5-9-17)21(27-22(14)28)26-18-10-6-16(24)7-11-18/h2-13,25H,1H3. The highest BCUT2D eigenvalue weighted by atomic mass is 79.9. The molecule has 2 aromatic carbocycles. The van der Waals surface area contributed by atoms with Crippen LogP contribution in [0.15, 0.2) is 91.7 Å². The van der Waals surface area contributed by atoms with Gasteiger partial charge in [-0.15, -0.1) is 0 Å². The van der Waals surface area contributed by atoms with Gasteiger partial charge in [-0.3, -0.25) is 9.20 Å². The molecule has 0 aliphatic heterocycles. The normalized spacial score (nSPS) is 11.6. The Hall–Kier alpha value is -2.77. The van der Waals surface area contributed by atoms with Crippen molar-refractivity contribution in [2.75, 3.05) is 5.32 Å². The Morgan fingerprint density at radius 1 is 0.966 bits per heavy atom. The minimum absolute atomic E-state index is 0.187. The van der Waals surface area contributed by atoms with Gasteiger partial charge in [0.1, 0.15) is 5.65 Å². The van der Waals surface area contributed by atoms with Crippen molar-refractivity contribution in [1.29, 1.82) is 0 Å². The van der Waals surface area contributed by atoms with E-state index in [9.17, 15) is 4.79 Å². The highest BCUT2D eigenvalue weighted by Gasteiger charge is 2.06. The molecule has 0 aliphatic rings. The third-order valence-electron chi connectivity index (χ3n) is 4.31. The molecule has 0 unspecified atom stereocenters. The number of hydrogen-bond acceptors (Lipinski definition) is 4. The second-order valence-electron chi connectivity index (χ2n) is 6.44. The van der Waals surface area contributed by atoms with Crippen molar-refractivity contribution in [3.63, 3.8) is 0 Å². The number of nitrogens with zero attached hydrogens (tertiary/aromatic N) is 3. The Kier molecular flexibility index (Phi) is 5.60. The molecule has 2 aromatic heterocycles. The molecule has 0 aliphatic carbocycles. The van der Waals surface area contributed by atoms with E-state index in [1.165, 1.54) is 10.5 Å². The van der Waals surface area contributed by atoms with Gasteiger partial charge in [-0.1, -0.05) is 37.9 Å². The Bertz CT molecular complexity index is 1310. The predicted molar refractivity (Wildman–Crippen MR) is 123 cm³/mol. The summed E-state index contributed by atoms with van der Waals surface area (Å²) in [7, 11) is 0. The van der Waals surface area contributed by atoms with E-state index in [0.29, 0.717) is 16.8 Å². The van der Waals surface area contributed by atoms with Crippen molar-refractivity contribution >= 4 is 54.6 Å². The Morgan fingerprint density at radius 3 is 2.31 bits per heavy atom. The van der Waals surface area contributed by atoms with Crippen LogP contribution in [0.4, 0.5) is 17.1 Å². The maximum atomic E-state index is 12.9. The second-order valence-corrected chi connectivity index (χ2v) is 8.27. The van der Waals surface area contributed by atoms with Gasteiger partial charge in [0.15, 0.2) is 5.49 Å². The average molecular weight is 512 g/mol. The van der Waals surface area contributed by atoms with Gasteiger partial charge in [0, 0.05) is 26.9 Å². The minimum atomic E-state index is -0.187. The van der Waals surface area contributed by atoms with Crippen LogP contribution in [0.2, 0.25) is 0 Å². The molecule has 4 aromatic rings. The molecule has 1 N–H and O–H groups in total. The molecule has 7 heteroatoms. The highest BCUT2D eigenvalue weighted by Crippen LogP contribution is 2.19. The van der Waals surface area contributed by atoms with Crippen LogP contribution in [-0.4, -0.2) is 9.38 Å². The van der Waals surface area contributed by atoms with Crippen LogP contribution in [-0.2, 0) is 0 Å². The lowest BCUT2D eigenvalue weighted by molar-refractivity contribution is 1.05. The van der Waals surface area contributed by atoms with Gasteiger partial charge < -0.3 is 5.32 Å². The number of halogens is 2. The van der Waals surface area contributed by atoms with Crippen LogP contribution in [0.3, 0.4) is 0 Å². The van der Waals surface area contributed by atoms with Crippen LogP contribution in [0, 0.1) is 6.92 Å². The maximum absolute atomic E-state index is 12.9. The van der Waals surface area contributed by atoms with E-state index >= 15 is 0 Å². The van der Waals surface area contributed by atoms with E-state index in [2.05, 4.69) is 37.2 Å². The van der Waals surface area contributed by atoms with Crippen molar-refractivity contribution in [2.24, 2.45) is 4.99 Å². The third kappa shape index (κ3) is 4.46. The Morgan fingerprint density at radius 2 is 1.62 bits per heavy atom.